The first-order chi connectivity index (χ1) is 11.8. The largest absolute Gasteiger partial charge is 0.481 e. The van der Waals surface area contributed by atoms with Crippen molar-refractivity contribution >= 4 is 17.9 Å². The first-order valence-corrected chi connectivity index (χ1v) is 7.74. The van der Waals surface area contributed by atoms with Gasteiger partial charge in [0.1, 0.15) is 0 Å². The molecule has 2 aliphatic rings. The first kappa shape index (κ1) is 23.2. The Morgan fingerprint density at radius 3 is 1.20 bits per heavy atom. The maximum atomic E-state index is 10.3. The Hall–Kier alpha value is -1.79. The van der Waals surface area contributed by atoms with Crippen LogP contribution >= 0.6 is 0 Å². The van der Waals surface area contributed by atoms with Crippen LogP contribution in [0, 0.1) is 0 Å². The number of hydrogen-bond acceptors (Lipinski definition) is 8. The highest BCUT2D eigenvalue weighted by atomic mass is 16.5. The molecule has 6 N–H and O–H groups in total. The lowest BCUT2D eigenvalue weighted by molar-refractivity contribution is -0.170. The van der Waals surface area contributed by atoms with E-state index in [0.29, 0.717) is 0 Å². The van der Waals surface area contributed by atoms with E-state index in [1.54, 1.807) is 0 Å². The molecule has 2 rings (SSSR count). The first-order valence-electron chi connectivity index (χ1n) is 7.74. The molecule has 146 valence electrons. The Kier molecular flexibility index (Phi) is 12.5. The minimum absolute atomic E-state index is 0.889. The molecule has 2 fully saturated rings. The summed E-state index contributed by atoms with van der Waals surface area (Å²) in [6.07, 6.45) is -2.29. The molecule has 2 aliphatic heterocycles. The number of hydrogen-bond donors (Lipinski definition) is 6. The van der Waals surface area contributed by atoms with Gasteiger partial charge in [0.15, 0.2) is 5.60 Å². The Morgan fingerprint density at radius 1 is 0.760 bits per heavy atom. The van der Waals surface area contributed by atoms with Gasteiger partial charge in [-0.1, -0.05) is 0 Å². The summed E-state index contributed by atoms with van der Waals surface area (Å²) in [4.78, 5) is 30.5. The molecule has 11 heteroatoms. The number of aliphatic carboxylic acids is 3. The highest BCUT2D eigenvalue weighted by molar-refractivity contribution is 5.88. The summed E-state index contributed by atoms with van der Waals surface area (Å²) in [6, 6.07) is 0. The minimum atomic E-state index is -2.74. The van der Waals surface area contributed by atoms with Gasteiger partial charge >= 0.3 is 17.9 Å². The predicted octanol–water partition coefficient (Wildman–Crippen LogP) is -2.04. The zero-order valence-corrected chi connectivity index (χ0v) is 13.9. The number of carbonyl (C=O) groups is 3. The lowest BCUT2D eigenvalue weighted by Crippen LogP contribution is -2.42. The van der Waals surface area contributed by atoms with Gasteiger partial charge in [0.25, 0.3) is 0 Å². The predicted molar refractivity (Wildman–Crippen MR) is 84.5 cm³/mol. The number of aliphatic hydroxyl groups is 1. The zero-order chi connectivity index (χ0) is 19.1. The summed E-state index contributed by atoms with van der Waals surface area (Å²) >= 11 is 0. The summed E-state index contributed by atoms with van der Waals surface area (Å²) in [7, 11) is 0. The maximum Gasteiger partial charge on any atom is 0.336 e. The molecule has 0 aliphatic carbocycles. The fourth-order valence-electron chi connectivity index (χ4n) is 1.75. The number of carboxylic acid groups (broad SMARTS) is 3. The summed E-state index contributed by atoms with van der Waals surface area (Å²) in [5.74, 6) is -5.02. The molecule has 0 aromatic carbocycles. The molecule has 2 heterocycles. The molecular weight excluding hydrogens is 340 g/mol. The fourth-order valence-corrected chi connectivity index (χ4v) is 1.75. The van der Waals surface area contributed by atoms with Gasteiger partial charge in [0.05, 0.1) is 39.3 Å². The summed E-state index contributed by atoms with van der Waals surface area (Å²) < 4.78 is 10.0. The third-order valence-corrected chi connectivity index (χ3v) is 2.98. The van der Waals surface area contributed by atoms with Crippen LogP contribution in [-0.4, -0.2) is 96.5 Å². The van der Waals surface area contributed by atoms with Crippen molar-refractivity contribution in [2.24, 2.45) is 0 Å². The van der Waals surface area contributed by atoms with E-state index >= 15 is 0 Å². The number of rotatable bonds is 5. The van der Waals surface area contributed by atoms with Crippen LogP contribution in [-0.2, 0) is 23.9 Å². The van der Waals surface area contributed by atoms with Gasteiger partial charge in [-0.25, -0.2) is 4.79 Å². The average Bonchev–Trinajstić information content (AvgIpc) is 2.57. The van der Waals surface area contributed by atoms with E-state index in [0.717, 1.165) is 52.6 Å². The molecule has 0 amide bonds. The van der Waals surface area contributed by atoms with Crippen molar-refractivity contribution in [2.45, 2.75) is 18.4 Å². The van der Waals surface area contributed by atoms with E-state index in [1.165, 1.54) is 0 Å². The van der Waals surface area contributed by atoms with E-state index in [4.69, 9.17) is 29.9 Å². The summed E-state index contributed by atoms with van der Waals surface area (Å²) in [6.45, 7) is 7.67. The topological polar surface area (TPSA) is 175 Å². The quantitative estimate of drug-likeness (QED) is 0.316. The maximum absolute atomic E-state index is 10.3. The number of morpholine rings is 2. The fraction of sp³-hybridized carbons (Fsp3) is 0.786. The van der Waals surface area contributed by atoms with E-state index in [-0.39, 0.29) is 0 Å². The van der Waals surface area contributed by atoms with Crippen molar-refractivity contribution in [2.75, 3.05) is 52.6 Å². The van der Waals surface area contributed by atoms with Crippen LogP contribution in [0.2, 0.25) is 0 Å². The van der Waals surface area contributed by atoms with Gasteiger partial charge in [-0.05, 0) is 0 Å². The molecule has 0 radical (unpaired) electrons. The molecule has 0 unspecified atom stereocenters. The van der Waals surface area contributed by atoms with E-state index < -0.39 is 36.4 Å². The second-order valence-corrected chi connectivity index (χ2v) is 5.20. The normalized spacial score (nSPS) is 17.2. The van der Waals surface area contributed by atoms with Crippen molar-refractivity contribution in [1.29, 1.82) is 0 Å². The van der Waals surface area contributed by atoms with E-state index in [1.807, 2.05) is 0 Å². The lowest BCUT2D eigenvalue weighted by atomic mass is 9.96. The SMILES string of the molecule is C1COCCN1.C1COCCN1.O=C(O)CC(O)(CC(=O)O)C(=O)O. The second-order valence-electron chi connectivity index (χ2n) is 5.20. The molecule has 0 aromatic heterocycles. The van der Waals surface area contributed by atoms with Crippen molar-refractivity contribution in [1.82, 2.24) is 10.6 Å². The highest BCUT2D eigenvalue weighted by Crippen LogP contribution is 2.15. The highest BCUT2D eigenvalue weighted by Gasteiger charge is 2.40. The Balaban J connectivity index is 0.000000392. The van der Waals surface area contributed by atoms with Crippen LogP contribution in [0.25, 0.3) is 0 Å². The molecule has 0 atom stereocenters. The minimum Gasteiger partial charge on any atom is -0.481 e. The van der Waals surface area contributed by atoms with E-state index in [9.17, 15) is 14.4 Å². The van der Waals surface area contributed by atoms with Gasteiger partial charge in [-0.15, -0.1) is 0 Å². The number of nitrogens with one attached hydrogen (secondary N) is 2. The van der Waals surface area contributed by atoms with Gasteiger partial charge in [-0.3, -0.25) is 9.59 Å². The van der Waals surface area contributed by atoms with Gasteiger partial charge < -0.3 is 40.5 Å². The van der Waals surface area contributed by atoms with Gasteiger partial charge in [0, 0.05) is 26.2 Å². The molecular formula is C14H26N2O9. The average molecular weight is 366 g/mol. The number of carboxylic acids is 3. The zero-order valence-electron chi connectivity index (χ0n) is 13.9. The second kappa shape index (κ2) is 13.5. The molecule has 25 heavy (non-hydrogen) atoms. The van der Waals surface area contributed by atoms with Crippen LogP contribution < -0.4 is 10.6 Å². The van der Waals surface area contributed by atoms with Gasteiger partial charge in [0.2, 0.25) is 0 Å². The van der Waals surface area contributed by atoms with E-state index in [2.05, 4.69) is 10.6 Å². The van der Waals surface area contributed by atoms with Crippen molar-refractivity contribution < 1.29 is 44.3 Å². The van der Waals surface area contributed by atoms with Crippen LogP contribution in [0.4, 0.5) is 0 Å². The Labute approximate surface area is 144 Å². The summed E-state index contributed by atoms with van der Waals surface area (Å²) in [5, 5.41) is 40.1. The number of ether oxygens (including phenoxy) is 2. The van der Waals surface area contributed by atoms with Crippen LogP contribution in [0.3, 0.4) is 0 Å². The van der Waals surface area contributed by atoms with Crippen LogP contribution in [0.15, 0.2) is 0 Å². The smallest absolute Gasteiger partial charge is 0.336 e. The molecule has 0 saturated carbocycles. The monoisotopic (exact) mass is 366 g/mol. The third-order valence-electron chi connectivity index (χ3n) is 2.98. The third kappa shape index (κ3) is 13.2. The molecule has 2 saturated heterocycles. The van der Waals surface area contributed by atoms with Crippen molar-refractivity contribution in [3.63, 3.8) is 0 Å². The van der Waals surface area contributed by atoms with Gasteiger partial charge in [-0.2, -0.15) is 0 Å². The van der Waals surface area contributed by atoms with Crippen molar-refractivity contribution in [3.8, 4) is 0 Å². The Bertz CT molecular complexity index is 358. The van der Waals surface area contributed by atoms with Crippen LogP contribution in [0.1, 0.15) is 12.8 Å². The van der Waals surface area contributed by atoms with Crippen LogP contribution in [0.5, 0.6) is 0 Å². The summed E-state index contributed by atoms with van der Waals surface area (Å²) in [5.41, 5.74) is -2.74. The molecule has 11 nitrogen and oxygen atoms in total. The molecule has 0 spiro atoms. The Morgan fingerprint density at radius 2 is 1.08 bits per heavy atom. The standard InChI is InChI=1S/C6H8O7.2C4H9NO/c7-3(8)1-6(13,5(11)12)2-4(9)10;2*1-3-6-4-2-5-1/h13H,1-2H2,(H,7,8)(H,9,10)(H,11,12);2*5H,1-4H2. The van der Waals surface area contributed by atoms with Crippen molar-refractivity contribution in [3.05, 3.63) is 0 Å². The molecule has 0 bridgehead atoms. The molecule has 0 aromatic rings. The lowest BCUT2D eigenvalue weighted by Gasteiger charge is -2.18.